The molecule has 0 amide bonds. The quantitative estimate of drug-likeness (QED) is 0.733. The summed E-state index contributed by atoms with van der Waals surface area (Å²) in [5.41, 5.74) is 1.02. The van der Waals surface area contributed by atoms with E-state index in [0.29, 0.717) is 12.3 Å². The van der Waals surface area contributed by atoms with E-state index in [1.54, 1.807) is 11.3 Å². The fourth-order valence-electron chi connectivity index (χ4n) is 1.17. The van der Waals surface area contributed by atoms with Gasteiger partial charge in [0.1, 0.15) is 0 Å². The Morgan fingerprint density at radius 2 is 2.07 bits per heavy atom. The maximum atomic E-state index is 12.0. The lowest BCUT2D eigenvalue weighted by atomic mass is 9.79. The van der Waals surface area contributed by atoms with E-state index in [0.717, 1.165) is 10.0 Å². The third kappa shape index (κ3) is 3.42. The van der Waals surface area contributed by atoms with Gasteiger partial charge in [0.2, 0.25) is 0 Å². The number of carbonyl (C=O) groups is 1. The highest BCUT2D eigenvalue weighted by molar-refractivity contribution is 9.10. The van der Waals surface area contributed by atoms with Crippen LogP contribution in [0, 0.1) is 11.3 Å². The van der Waals surface area contributed by atoms with Crippen molar-refractivity contribution in [1.29, 1.82) is 0 Å². The molecule has 1 nitrogen and oxygen atoms in total. The molecule has 1 aromatic heterocycles. The van der Waals surface area contributed by atoms with Crippen molar-refractivity contribution in [1.82, 2.24) is 0 Å². The fraction of sp³-hybridized carbons (Fsp3) is 0.583. The first kappa shape index (κ1) is 12.9. The summed E-state index contributed by atoms with van der Waals surface area (Å²) in [6, 6.07) is 0. The first-order chi connectivity index (χ1) is 6.82. The van der Waals surface area contributed by atoms with Crippen molar-refractivity contribution in [2.45, 2.75) is 34.1 Å². The van der Waals surface area contributed by atoms with E-state index >= 15 is 0 Å². The van der Waals surface area contributed by atoms with Gasteiger partial charge in [0.25, 0.3) is 0 Å². The molecule has 0 spiro atoms. The highest BCUT2D eigenvalue weighted by Gasteiger charge is 2.23. The van der Waals surface area contributed by atoms with Crippen LogP contribution < -0.4 is 0 Å². The van der Waals surface area contributed by atoms with Crippen LogP contribution in [0.5, 0.6) is 0 Å². The summed E-state index contributed by atoms with van der Waals surface area (Å²) in [5.74, 6) is 0.641. The lowest BCUT2D eigenvalue weighted by Gasteiger charge is -2.26. The van der Waals surface area contributed by atoms with Gasteiger partial charge in [0.15, 0.2) is 5.78 Å². The number of carbonyl (C=O) groups excluding carboxylic acids is 1. The number of hydrogen-bond acceptors (Lipinski definition) is 2. The Morgan fingerprint density at radius 3 is 2.47 bits per heavy atom. The van der Waals surface area contributed by atoms with Crippen LogP contribution in [0.25, 0.3) is 0 Å². The number of rotatable bonds is 3. The van der Waals surface area contributed by atoms with Gasteiger partial charge in [-0.05, 0) is 27.3 Å². The average Bonchev–Trinajstić information content (AvgIpc) is 2.49. The molecule has 1 atom stereocenters. The van der Waals surface area contributed by atoms with E-state index in [9.17, 15) is 4.79 Å². The molecule has 1 heterocycles. The summed E-state index contributed by atoms with van der Waals surface area (Å²) in [6.07, 6.45) is 0.624. The zero-order chi connectivity index (χ0) is 11.6. The monoisotopic (exact) mass is 288 g/mol. The maximum absolute atomic E-state index is 12.0. The van der Waals surface area contributed by atoms with Gasteiger partial charge in [0.05, 0.1) is 0 Å². The van der Waals surface area contributed by atoms with Crippen LogP contribution in [0.1, 0.15) is 44.5 Å². The fourth-order valence-corrected chi connectivity index (χ4v) is 2.69. The van der Waals surface area contributed by atoms with Crippen LogP contribution in [0.4, 0.5) is 0 Å². The minimum atomic E-state index is 0.193. The molecule has 0 aliphatic heterocycles. The van der Waals surface area contributed by atoms with Gasteiger partial charge >= 0.3 is 0 Å². The van der Waals surface area contributed by atoms with Crippen molar-refractivity contribution < 1.29 is 4.79 Å². The van der Waals surface area contributed by atoms with Gasteiger partial charge in [-0.2, -0.15) is 11.3 Å². The summed E-state index contributed by atoms with van der Waals surface area (Å²) >= 11 is 4.96. The molecular weight excluding hydrogens is 272 g/mol. The van der Waals surface area contributed by atoms with E-state index in [1.807, 2.05) is 10.8 Å². The minimum absolute atomic E-state index is 0.193. The van der Waals surface area contributed by atoms with E-state index in [4.69, 9.17) is 0 Å². The Hall–Kier alpha value is -0.150. The van der Waals surface area contributed by atoms with Gasteiger partial charge < -0.3 is 0 Å². The van der Waals surface area contributed by atoms with Crippen LogP contribution in [0.3, 0.4) is 0 Å². The van der Waals surface area contributed by atoms with Crippen molar-refractivity contribution in [2.75, 3.05) is 0 Å². The van der Waals surface area contributed by atoms with Crippen molar-refractivity contribution in [3.8, 4) is 0 Å². The molecule has 0 fully saturated rings. The molecule has 15 heavy (non-hydrogen) atoms. The molecule has 84 valence electrons. The van der Waals surface area contributed by atoms with Crippen LogP contribution in [0.15, 0.2) is 15.2 Å². The number of halogens is 1. The van der Waals surface area contributed by atoms with E-state index in [2.05, 4.69) is 43.6 Å². The molecule has 3 heteroatoms. The van der Waals surface area contributed by atoms with Gasteiger partial charge in [-0.25, -0.2) is 0 Å². The lowest BCUT2D eigenvalue weighted by Crippen LogP contribution is -2.20. The van der Waals surface area contributed by atoms with Crippen LogP contribution in [-0.2, 0) is 0 Å². The largest absolute Gasteiger partial charge is 0.294 e. The smallest absolute Gasteiger partial charge is 0.165 e. The molecule has 1 aromatic rings. The molecule has 0 radical (unpaired) electrons. The van der Waals surface area contributed by atoms with E-state index in [1.165, 1.54) is 0 Å². The average molecular weight is 289 g/mol. The van der Waals surface area contributed by atoms with Gasteiger partial charge in [0, 0.05) is 27.2 Å². The summed E-state index contributed by atoms with van der Waals surface area (Å²) in [6.45, 7) is 8.66. The first-order valence-corrected chi connectivity index (χ1v) is 6.81. The van der Waals surface area contributed by atoms with Gasteiger partial charge in [-0.15, -0.1) is 0 Å². The molecule has 0 aliphatic carbocycles. The Labute approximate surface area is 104 Å². The molecule has 0 aliphatic rings. The molecule has 0 N–H and O–H groups in total. The van der Waals surface area contributed by atoms with Crippen molar-refractivity contribution >= 4 is 33.0 Å². The third-order valence-electron chi connectivity index (χ3n) is 2.89. The van der Waals surface area contributed by atoms with Crippen LogP contribution in [-0.4, -0.2) is 5.78 Å². The Bertz CT molecular complexity index is 349. The minimum Gasteiger partial charge on any atom is -0.294 e. The zero-order valence-electron chi connectivity index (χ0n) is 9.63. The van der Waals surface area contributed by atoms with Crippen molar-refractivity contribution in [3.63, 3.8) is 0 Å². The normalized spacial score (nSPS) is 13.9. The second-order valence-corrected chi connectivity index (χ2v) is 6.63. The molecule has 0 bridgehead atoms. The van der Waals surface area contributed by atoms with Crippen LogP contribution in [0.2, 0.25) is 0 Å². The second-order valence-electron chi connectivity index (χ2n) is 5.03. The molecular formula is C12H17BrOS. The number of hydrogen-bond donors (Lipinski definition) is 0. The molecule has 0 saturated carbocycles. The summed E-state index contributed by atoms with van der Waals surface area (Å²) in [4.78, 5) is 12.0. The number of Topliss-reactive ketones (excluding diaryl/α,β-unsaturated/α-hetero) is 1. The Balaban J connectivity index is 2.69. The molecule has 0 saturated heterocycles. The summed E-state index contributed by atoms with van der Waals surface area (Å²) in [7, 11) is 0. The van der Waals surface area contributed by atoms with E-state index < -0.39 is 0 Å². The topological polar surface area (TPSA) is 17.1 Å². The predicted molar refractivity (Wildman–Crippen MR) is 69.6 cm³/mol. The highest BCUT2D eigenvalue weighted by Crippen LogP contribution is 2.31. The predicted octanol–water partition coefficient (Wildman–Crippen LogP) is 4.77. The molecule has 1 rings (SSSR count). The SMILES string of the molecule is CC(CC(=O)c1cscc1Br)C(C)(C)C. The first-order valence-electron chi connectivity index (χ1n) is 5.07. The number of ketones is 1. The van der Waals surface area contributed by atoms with Crippen LogP contribution >= 0.6 is 27.3 Å². The second kappa shape index (κ2) is 4.79. The summed E-state index contributed by atoms with van der Waals surface area (Å²) < 4.78 is 0.929. The van der Waals surface area contributed by atoms with Gasteiger partial charge in [-0.1, -0.05) is 27.7 Å². The third-order valence-corrected chi connectivity index (χ3v) is 4.59. The van der Waals surface area contributed by atoms with E-state index in [-0.39, 0.29) is 11.2 Å². The van der Waals surface area contributed by atoms with Crippen molar-refractivity contribution in [2.24, 2.45) is 11.3 Å². The Morgan fingerprint density at radius 1 is 1.47 bits per heavy atom. The lowest BCUT2D eigenvalue weighted by molar-refractivity contribution is 0.0927. The van der Waals surface area contributed by atoms with Crippen molar-refractivity contribution in [3.05, 3.63) is 20.8 Å². The standard InChI is InChI=1S/C12H17BrOS/c1-8(12(2,3)4)5-11(14)9-6-15-7-10(9)13/h6-8H,5H2,1-4H3. The summed E-state index contributed by atoms with van der Waals surface area (Å²) in [5, 5.41) is 3.87. The molecule has 1 unspecified atom stereocenters. The zero-order valence-corrected chi connectivity index (χ0v) is 12.0. The maximum Gasteiger partial charge on any atom is 0.165 e. The highest BCUT2D eigenvalue weighted by atomic mass is 79.9. The van der Waals surface area contributed by atoms with Gasteiger partial charge in [-0.3, -0.25) is 4.79 Å². The molecule has 0 aromatic carbocycles. The number of thiophene rings is 1. The Kier molecular flexibility index (Phi) is 4.13.